The molecule has 1 nitrogen and oxygen atoms in total. The average molecular weight is 225 g/mol. The van der Waals surface area contributed by atoms with Crippen LogP contribution in [0.3, 0.4) is 0 Å². The molecule has 0 heterocycles. The molecule has 0 amide bonds. The Hall–Kier alpha value is 2.44. The first kappa shape index (κ1) is 32.0. The molecule has 0 aliphatic heterocycles. The van der Waals surface area contributed by atoms with Crippen molar-refractivity contribution in [2.75, 3.05) is 0 Å². The fraction of sp³-hybridized carbons (Fsp3) is 0. The quantitative estimate of drug-likeness (QED) is 0.438. The van der Waals surface area contributed by atoms with E-state index < -0.39 is 0 Å². The molecule has 0 aromatic carbocycles. The van der Waals surface area contributed by atoms with Crippen LogP contribution in [-0.4, -0.2) is 51.0 Å². The summed E-state index contributed by atoms with van der Waals surface area (Å²) in [5.41, 5.74) is 0. The predicted molar refractivity (Wildman–Crippen MR) is 12.2 cm³/mol. The maximum atomic E-state index is 0. The molecule has 31 valence electrons. The molecule has 0 aliphatic carbocycles. The minimum atomic E-state index is 0. The van der Waals surface area contributed by atoms with Crippen molar-refractivity contribution < 1.29 is 38.7 Å². The predicted octanol–water partition coefficient (Wildman–Crippen LogP) is -1.75. The summed E-state index contributed by atoms with van der Waals surface area (Å²) >= 11 is 0. The molecule has 0 rings (SSSR count). The van der Waals surface area contributed by atoms with E-state index in [1.54, 1.807) is 0 Å². The van der Waals surface area contributed by atoms with Crippen LogP contribution < -0.4 is 0 Å². The van der Waals surface area contributed by atoms with Gasteiger partial charge in [-0.2, -0.15) is 0 Å². The van der Waals surface area contributed by atoms with E-state index in [0.29, 0.717) is 0 Å². The number of rotatable bonds is 0. The standard InChI is InChI=1S/Co.Ni.H2O.Sr.2H/h;;1H2;;;. The summed E-state index contributed by atoms with van der Waals surface area (Å²) in [5.74, 6) is 0. The van der Waals surface area contributed by atoms with Crippen molar-refractivity contribution in [1.82, 2.24) is 0 Å². The molecule has 1 radical (unpaired) electrons. The zero-order valence-corrected chi connectivity index (χ0v) is 3.18. The van der Waals surface area contributed by atoms with E-state index >= 15 is 0 Å². The van der Waals surface area contributed by atoms with Crippen LogP contribution in [0.4, 0.5) is 0 Å². The Morgan fingerprint density at radius 3 is 1.00 bits per heavy atom. The topological polar surface area (TPSA) is 31.5 Å². The van der Waals surface area contributed by atoms with Crippen LogP contribution in [0.5, 0.6) is 0 Å². The molecular weight excluding hydrogens is 221 g/mol. The van der Waals surface area contributed by atoms with E-state index in [1.807, 2.05) is 0 Å². The normalized spacial score (nSPS) is 0. The summed E-state index contributed by atoms with van der Waals surface area (Å²) in [7, 11) is 0. The zero-order valence-electron chi connectivity index (χ0n) is 1.15. The van der Waals surface area contributed by atoms with Crippen molar-refractivity contribution in [1.29, 1.82) is 0 Å². The van der Waals surface area contributed by atoms with Gasteiger partial charge in [0, 0.05) is 33.3 Å². The monoisotopic (exact) mass is 225 g/mol. The fourth-order valence-electron chi connectivity index (χ4n) is 0. The van der Waals surface area contributed by atoms with Crippen LogP contribution >= 0.6 is 0 Å². The van der Waals surface area contributed by atoms with Gasteiger partial charge in [0.15, 0.2) is 0 Å². The van der Waals surface area contributed by atoms with Gasteiger partial charge in [-0.15, -0.1) is 0 Å². The molecule has 0 saturated carbocycles. The van der Waals surface area contributed by atoms with Crippen LogP contribution in [0.2, 0.25) is 0 Å². The van der Waals surface area contributed by atoms with Gasteiger partial charge < -0.3 is 5.48 Å². The molecule has 0 saturated heterocycles. The molecule has 0 spiro atoms. The Balaban J connectivity index is 0. The van der Waals surface area contributed by atoms with Crippen molar-refractivity contribution in [3.05, 3.63) is 0 Å². The second-order valence-electron chi connectivity index (χ2n) is 0. The van der Waals surface area contributed by atoms with Crippen molar-refractivity contribution in [2.45, 2.75) is 0 Å². The van der Waals surface area contributed by atoms with Gasteiger partial charge in [0.1, 0.15) is 0 Å². The van der Waals surface area contributed by atoms with E-state index in [4.69, 9.17) is 0 Å². The van der Waals surface area contributed by atoms with Gasteiger partial charge in [-0.3, -0.25) is 0 Å². The fourth-order valence-corrected chi connectivity index (χ4v) is 0. The van der Waals surface area contributed by atoms with Crippen LogP contribution in [0.25, 0.3) is 0 Å². The summed E-state index contributed by atoms with van der Waals surface area (Å²) < 4.78 is 0. The summed E-state index contributed by atoms with van der Waals surface area (Å²) in [6.45, 7) is 0. The zero-order chi connectivity index (χ0) is 0. The number of hydrogen-bond acceptors (Lipinski definition) is 0. The Kier molecular flexibility index (Phi) is 144. The van der Waals surface area contributed by atoms with E-state index in [2.05, 4.69) is 0 Å². The molecule has 0 aromatic heterocycles. The Morgan fingerprint density at radius 2 is 1.00 bits per heavy atom. The van der Waals surface area contributed by atoms with Crippen molar-refractivity contribution >= 4 is 45.5 Å². The van der Waals surface area contributed by atoms with Gasteiger partial charge in [0.05, 0.1) is 0 Å². The molecule has 0 atom stereocenters. The Morgan fingerprint density at radius 1 is 1.00 bits per heavy atom. The first-order valence-electron chi connectivity index (χ1n) is 0. The third-order valence-corrected chi connectivity index (χ3v) is 0. The van der Waals surface area contributed by atoms with E-state index in [0.717, 1.165) is 0 Å². The Bertz CT molecular complexity index is 8.00. The molecule has 0 fully saturated rings. The van der Waals surface area contributed by atoms with Gasteiger partial charge in [-0.1, -0.05) is 0 Å². The molecule has 0 bridgehead atoms. The van der Waals surface area contributed by atoms with Gasteiger partial charge in [0.25, 0.3) is 0 Å². The van der Waals surface area contributed by atoms with Gasteiger partial charge in [-0.25, -0.2) is 0 Å². The van der Waals surface area contributed by atoms with E-state index in [9.17, 15) is 0 Å². The maximum absolute atomic E-state index is 0. The van der Waals surface area contributed by atoms with Crippen LogP contribution in [-0.2, 0) is 33.3 Å². The van der Waals surface area contributed by atoms with Crippen molar-refractivity contribution in [3.63, 3.8) is 0 Å². The molecule has 0 unspecified atom stereocenters. The third-order valence-electron chi connectivity index (χ3n) is 0. The molecular formula is H4CoNiOSr. The summed E-state index contributed by atoms with van der Waals surface area (Å²) in [4.78, 5) is 0. The second-order valence-corrected chi connectivity index (χ2v) is 0. The minimum absolute atomic E-state index is 0. The summed E-state index contributed by atoms with van der Waals surface area (Å²) in [5, 5.41) is 0. The summed E-state index contributed by atoms with van der Waals surface area (Å²) in [6, 6.07) is 0. The average Bonchev–Trinajstić information content (AvgIpc) is 0. The molecule has 2 N–H and O–H groups in total. The number of hydrogen-bond donors (Lipinski definition) is 0. The van der Waals surface area contributed by atoms with Crippen LogP contribution in [0.15, 0.2) is 0 Å². The van der Waals surface area contributed by atoms with Crippen molar-refractivity contribution in [2.24, 2.45) is 0 Å². The molecule has 0 aliphatic rings. The first-order chi connectivity index (χ1) is 0. The third kappa shape index (κ3) is 8.83. The molecule has 4 heteroatoms. The molecule has 0 aromatic rings. The van der Waals surface area contributed by atoms with Gasteiger partial charge in [-0.05, 0) is 0 Å². The summed E-state index contributed by atoms with van der Waals surface area (Å²) in [6.07, 6.45) is 0. The van der Waals surface area contributed by atoms with Crippen LogP contribution in [0.1, 0.15) is 0 Å². The Labute approximate surface area is 82.6 Å². The van der Waals surface area contributed by atoms with Gasteiger partial charge in [0.2, 0.25) is 0 Å². The van der Waals surface area contributed by atoms with Crippen molar-refractivity contribution in [3.8, 4) is 0 Å². The van der Waals surface area contributed by atoms with E-state index in [1.165, 1.54) is 0 Å². The molecule has 4 heavy (non-hydrogen) atoms. The van der Waals surface area contributed by atoms with Crippen LogP contribution in [0, 0.1) is 0 Å². The first-order valence-corrected chi connectivity index (χ1v) is 0. The second kappa shape index (κ2) is 18.0. The van der Waals surface area contributed by atoms with E-state index in [-0.39, 0.29) is 84.2 Å². The SMILES string of the molecule is O.[Co].[Ni].[SrH2]. The van der Waals surface area contributed by atoms with Gasteiger partial charge >= 0.3 is 45.5 Å².